The number of hydrogen-bond donors (Lipinski definition) is 0. The Bertz CT molecular complexity index is 492. The molecule has 0 aromatic heterocycles. The first kappa shape index (κ1) is 15.8. The number of ether oxygens (including phenoxy) is 2. The fraction of sp³-hybridized carbons (Fsp3) is 0.467. The summed E-state index contributed by atoms with van der Waals surface area (Å²) in [5, 5.41) is 8.86. The zero-order valence-electron chi connectivity index (χ0n) is 12.2. The van der Waals surface area contributed by atoms with E-state index in [0.29, 0.717) is 43.1 Å². The van der Waals surface area contributed by atoms with Crippen LogP contribution < -0.4 is 9.47 Å². The number of rotatable bonds is 7. The molecule has 1 aromatic rings. The molecule has 0 spiro atoms. The normalized spacial score (nSPS) is 9.70. The lowest BCUT2D eigenvalue weighted by molar-refractivity contribution is -0.128. The van der Waals surface area contributed by atoms with Gasteiger partial charge in [-0.1, -0.05) is 0 Å². The molecule has 0 aliphatic heterocycles. The summed E-state index contributed by atoms with van der Waals surface area (Å²) in [6, 6.07) is 7.12. The Hall–Kier alpha value is -2.22. The van der Waals surface area contributed by atoms with E-state index >= 15 is 0 Å². The molecule has 108 valence electrons. The largest absolute Gasteiger partial charge is 0.490 e. The van der Waals surface area contributed by atoms with Crippen molar-refractivity contribution in [3.05, 3.63) is 23.8 Å². The zero-order valence-corrected chi connectivity index (χ0v) is 12.2. The highest BCUT2D eigenvalue weighted by Gasteiger charge is 2.08. The highest BCUT2D eigenvalue weighted by molar-refractivity contribution is 5.75. The maximum atomic E-state index is 11.4. The Morgan fingerprint density at radius 1 is 1.30 bits per heavy atom. The van der Waals surface area contributed by atoms with Crippen LogP contribution in [0.1, 0.15) is 25.3 Å². The molecule has 1 rings (SSSR count). The van der Waals surface area contributed by atoms with Gasteiger partial charge in [0, 0.05) is 26.6 Å². The molecule has 0 bridgehead atoms. The second-order valence-corrected chi connectivity index (χ2v) is 4.45. The molecule has 0 saturated heterocycles. The summed E-state index contributed by atoms with van der Waals surface area (Å²) in [7, 11) is 3.47. The predicted octanol–water partition coefficient (Wildman–Crippen LogP) is 2.20. The van der Waals surface area contributed by atoms with Crippen LogP contribution in [0.2, 0.25) is 0 Å². The second kappa shape index (κ2) is 8.05. The number of carbonyl (C=O) groups is 1. The second-order valence-electron chi connectivity index (χ2n) is 4.45. The Kier molecular flexibility index (Phi) is 6.38. The van der Waals surface area contributed by atoms with E-state index in [9.17, 15) is 4.79 Å². The van der Waals surface area contributed by atoms with Crippen LogP contribution in [0.5, 0.6) is 11.5 Å². The van der Waals surface area contributed by atoms with Crippen LogP contribution >= 0.6 is 0 Å². The molecule has 5 nitrogen and oxygen atoms in total. The molecule has 1 amide bonds. The lowest BCUT2D eigenvalue weighted by Crippen LogP contribution is -2.21. The Balaban J connectivity index is 2.55. The minimum Gasteiger partial charge on any atom is -0.490 e. The Morgan fingerprint density at radius 3 is 2.65 bits per heavy atom. The van der Waals surface area contributed by atoms with E-state index in [-0.39, 0.29) is 5.91 Å². The predicted molar refractivity (Wildman–Crippen MR) is 75.7 cm³/mol. The number of nitrogens with zero attached hydrogens (tertiary/aromatic N) is 2. The molecule has 1 aromatic carbocycles. The van der Waals surface area contributed by atoms with E-state index in [1.807, 2.05) is 6.92 Å². The van der Waals surface area contributed by atoms with Gasteiger partial charge in [0.1, 0.15) is 0 Å². The maximum absolute atomic E-state index is 11.4. The third-order valence-corrected chi connectivity index (χ3v) is 2.66. The fourth-order valence-corrected chi connectivity index (χ4v) is 1.59. The van der Waals surface area contributed by atoms with Crippen LogP contribution in [0.3, 0.4) is 0 Å². The molecule has 0 unspecified atom stereocenters. The van der Waals surface area contributed by atoms with Crippen molar-refractivity contribution in [3.63, 3.8) is 0 Å². The van der Waals surface area contributed by atoms with Crippen LogP contribution in [0, 0.1) is 11.3 Å². The van der Waals surface area contributed by atoms with Gasteiger partial charge in [-0.05, 0) is 25.5 Å². The fourth-order valence-electron chi connectivity index (χ4n) is 1.59. The topological polar surface area (TPSA) is 62.6 Å². The molecule has 0 radical (unpaired) electrons. The third kappa shape index (κ3) is 4.81. The van der Waals surface area contributed by atoms with Crippen LogP contribution in [-0.4, -0.2) is 38.1 Å². The van der Waals surface area contributed by atoms with Crippen molar-refractivity contribution < 1.29 is 14.3 Å². The molecule has 5 heteroatoms. The number of benzene rings is 1. The molecule has 20 heavy (non-hydrogen) atoms. The molecule has 0 aliphatic carbocycles. The van der Waals surface area contributed by atoms with E-state index in [1.54, 1.807) is 37.2 Å². The zero-order chi connectivity index (χ0) is 15.0. The molecule has 0 aliphatic rings. The Morgan fingerprint density at radius 2 is 2.05 bits per heavy atom. The highest BCUT2D eigenvalue weighted by Crippen LogP contribution is 2.28. The maximum Gasteiger partial charge on any atom is 0.222 e. The van der Waals surface area contributed by atoms with E-state index < -0.39 is 0 Å². The smallest absolute Gasteiger partial charge is 0.222 e. The van der Waals surface area contributed by atoms with Crippen molar-refractivity contribution in [3.8, 4) is 17.6 Å². The van der Waals surface area contributed by atoms with Gasteiger partial charge in [-0.15, -0.1) is 0 Å². The van der Waals surface area contributed by atoms with Gasteiger partial charge in [0.15, 0.2) is 11.5 Å². The molecular formula is C15H20N2O3. The van der Waals surface area contributed by atoms with Gasteiger partial charge in [0.25, 0.3) is 0 Å². The van der Waals surface area contributed by atoms with Crippen molar-refractivity contribution in [1.29, 1.82) is 5.26 Å². The van der Waals surface area contributed by atoms with Crippen molar-refractivity contribution in [1.82, 2.24) is 4.90 Å². The van der Waals surface area contributed by atoms with Crippen LogP contribution in [-0.2, 0) is 4.79 Å². The minimum atomic E-state index is 0.0819. The summed E-state index contributed by atoms with van der Waals surface area (Å²) in [5.41, 5.74) is 0.531. The summed E-state index contributed by atoms with van der Waals surface area (Å²) in [5.74, 6) is 1.24. The number of hydrogen-bond acceptors (Lipinski definition) is 4. The van der Waals surface area contributed by atoms with E-state index in [2.05, 4.69) is 6.07 Å². The molecule has 0 atom stereocenters. The van der Waals surface area contributed by atoms with Gasteiger partial charge < -0.3 is 14.4 Å². The number of nitriles is 1. The first-order valence-corrected chi connectivity index (χ1v) is 6.58. The lowest BCUT2D eigenvalue weighted by Gasteiger charge is -2.13. The molecular weight excluding hydrogens is 256 g/mol. The monoisotopic (exact) mass is 276 g/mol. The standard InChI is InChI=1S/C15H20N2O3/c1-4-19-14-10-12(11-16)7-8-13(14)20-9-5-6-15(18)17(2)3/h7-8,10H,4-6,9H2,1-3H3. The quantitative estimate of drug-likeness (QED) is 0.716. The number of amides is 1. The van der Waals surface area contributed by atoms with Crippen molar-refractivity contribution in [2.75, 3.05) is 27.3 Å². The molecule has 0 heterocycles. The van der Waals surface area contributed by atoms with E-state index in [1.165, 1.54) is 0 Å². The van der Waals surface area contributed by atoms with Gasteiger partial charge >= 0.3 is 0 Å². The van der Waals surface area contributed by atoms with Crippen molar-refractivity contribution in [2.24, 2.45) is 0 Å². The first-order valence-electron chi connectivity index (χ1n) is 6.58. The van der Waals surface area contributed by atoms with Crippen LogP contribution in [0.25, 0.3) is 0 Å². The molecule has 0 saturated carbocycles. The Labute approximate surface area is 119 Å². The molecule has 0 N–H and O–H groups in total. The first-order chi connectivity index (χ1) is 9.58. The average molecular weight is 276 g/mol. The summed E-state index contributed by atoms with van der Waals surface area (Å²) in [6.07, 6.45) is 1.09. The van der Waals surface area contributed by atoms with E-state index in [4.69, 9.17) is 14.7 Å². The summed E-state index contributed by atoms with van der Waals surface area (Å²) < 4.78 is 11.1. The minimum absolute atomic E-state index is 0.0819. The van der Waals surface area contributed by atoms with Crippen LogP contribution in [0.15, 0.2) is 18.2 Å². The lowest BCUT2D eigenvalue weighted by atomic mass is 10.2. The van der Waals surface area contributed by atoms with Gasteiger partial charge in [-0.3, -0.25) is 4.79 Å². The van der Waals surface area contributed by atoms with Gasteiger partial charge in [-0.2, -0.15) is 5.26 Å². The molecule has 0 fully saturated rings. The van der Waals surface area contributed by atoms with Gasteiger partial charge in [-0.25, -0.2) is 0 Å². The summed E-state index contributed by atoms with van der Waals surface area (Å²) in [4.78, 5) is 13.0. The van der Waals surface area contributed by atoms with Gasteiger partial charge in [0.05, 0.1) is 24.8 Å². The SMILES string of the molecule is CCOc1cc(C#N)ccc1OCCCC(=O)N(C)C. The van der Waals surface area contributed by atoms with E-state index in [0.717, 1.165) is 0 Å². The number of carbonyl (C=O) groups excluding carboxylic acids is 1. The average Bonchev–Trinajstić information content (AvgIpc) is 2.44. The summed E-state index contributed by atoms with van der Waals surface area (Å²) in [6.45, 7) is 2.81. The van der Waals surface area contributed by atoms with Crippen LogP contribution in [0.4, 0.5) is 0 Å². The van der Waals surface area contributed by atoms with Gasteiger partial charge in [0.2, 0.25) is 5.91 Å². The summed E-state index contributed by atoms with van der Waals surface area (Å²) >= 11 is 0. The highest BCUT2D eigenvalue weighted by atomic mass is 16.5. The third-order valence-electron chi connectivity index (χ3n) is 2.66. The van der Waals surface area contributed by atoms with Crippen molar-refractivity contribution >= 4 is 5.91 Å². The van der Waals surface area contributed by atoms with Crippen molar-refractivity contribution in [2.45, 2.75) is 19.8 Å².